The third-order valence-corrected chi connectivity index (χ3v) is 3.35. The first-order valence-electron chi connectivity index (χ1n) is 5.85. The largest absolute Gasteiger partial charge is 0.280 e. The lowest BCUT2D eigenvalue weighted by molar-refractivity contribution is 0.912. The number of aromatic nitrogens is 1. The number of benzene rings is 1. The van der Waals surface area contributed by atoms with Gasteiger partial charge in [0, 0.05) is 10.7 Å². The summed E-state index contributed by atoms with van der Waals surface area (Å²) < 4.78 is 1.53. The second-order valence-corrected chi connectivity index (χ2v) is 4.96. The molecule has 0 amide bonds. The fraction of sp³-hybridized carbons (Fsp3) is 0.200. The Hall–Kier alpha value is -2.05. The fourth-order valence-corrected chi connectivity index (χ4v) is 2.32. The van der Waals surface area contributed by atoms with Gasteiger partial charge in [0.05, 0.1) is 5.69 Å². The Bertz CT molecular complexity index is 754. The van der Waals surface area contributed by atoms with Gasteiger partial charge in [-0.2, -0.15) is 5.26 Å². The SMILES string of the molecule is Cc1ccc(Cl)cc1-n1c(C)cc(C)c(C#N)c1=O. The molecule has 0 N–H and O–H groups in total. The van der Waals surface area contributed by atoms with Crippen molar-refractivity contribution in [2.24, 2.45) is 0 Å². The van der Waals surface area contributed by atoms with Gasteiger partial charge in [-0.3, -0.25) is 9.36 Å². The van der Waals surface area contributed by atoms with Crippen LogP contribution in [0.4, 0.5) is 0 Å². The molecule has 0 fully saturated rings. The number of pyridine rings is 1. The molecule has 1 heterocycles. The topological polar surface area (TPSA) is 45.8 Å². The van der Waals surface area contributed by atoms with Crippen LogP contribution in [0.2, 0.25) is 5.02 Å². The number of hydrogen-bond acceptors (Lipinski definition) is 2. The van der Waals surface area contributed by atoms with Gasteiger partial charge in [-0.15, -0.1) is 0 Å². The number of halogens is 1. The minimum absolute atomic E-state index is 0.171. The van der Waals surface area contributed by atoms with Crippen molar-refractivity contribution >= 4 is 11.6 Å². The zero-order chi connectivity index (χ0) is 14.2. The summed E-state index contributed by atoms with van der Waals surface area (Å²) in [4.78, 5) is 12.4. The number of nitrogens with zero attached hydrogens (tertiary/aromatic N) is 2. The molecule has 0 saturated carbocycles. The molecule has 1 aromatic heterocycles. The second kappa shape index (κ2) is 4.91. The molecule has 4 heteroatoms. The number of nitriles is 1. The van der Waals surface area contributed by atoms with Crippen LogP contribution in [0.15, 0.2) is 29.1 Å². The van der Waals surface area contributed by atoms with E-state index < -0.39 is 0 Å². The van der Waals surface area contributed by atoms with Crippen LogP contribution in [0.25, 0.3) is 5.69 Å². The first kappa shape index (κ1) is 13.4. The van der Waals surface area contributed by atoms with E-state index in [1.807, 2.05) is 32.0 Å². The zero-order valence-electron chi connectivity index (χ0n) is 11.0. The predicted molar refractivity (Wildman–Crippen MR) is 76.0 cm³/mol. The molecule has 0 aliphatic heterocycles. The highest BCUT2D eigenvalue weighted by Gasteiger charge is 2.13. The quantitative estimate of drug-likeness (QED) is 0.800. The summed E-state index contributed by atoms with van der Waals surface area (Å²) in [5.74, 6) is 0. The first-order valence-corrected chi connectivity index (χ1v) is 6.23. The fourth-order valence-electron chi connectivity index (χ4n) is 2.15. The van der Waals surface area contributed by atoms with E-state index in [0.29, 0.717) is 16.3 Å². The van der Waals surface area contributed by atoms with Crippen molar-refractivity contribution in [3.63, 3.8) is 0 Å². The van der Waals surface area contributed by atoms with E-state index in [0.717, 1.165) is 11.3 Å². The van der Waals surface area contributed by atoms with Gasteiger partial charge in [-0.1, -0.05) is 17.7 Å². The Morgan fingerprint density at radius 2 is 1.84 bits per heavy atom. The van der Waals surface area contributed by atoms with Crippen molar-refractivity contribution in [2.75, 3.05) is 0 Å². The van der Waals surface area contributed by atoms with Crippen LogP contribution in [0.3, 0.4) is 0 Å². The average Bonchev–Trinajstić information content (AvgIpc) is 2.33. The molecule has 19 heavy (non-hydrogen) atoms. The van der Waals surface area contributed by atoms with Crippen molar-refractivity contribution < 1.29 is 0 Å². The van der Waals surface area contributed by atoms with E-state index in [1.54, 1.807) is 19.1 Å². The van der Waals surface area contributed by atoms with Crippen LogP contribution >= 0.6 is 11.6 Å². The molecule has 0 saturated heterocycles. The van der Waals surface area contributed by atoms with Gasteiger partial charge < -0.3 is 0 Å². The molecule has 0 atom stereocenters. The molecular formula is C15H13ClN2O. The first-order chi connectivity index (χ1) is 8.95. The summed E-state index contributed by atoms with van der Waals surface area (Å²) in [5.41, 5.74) is 3.00. The highest BCUT2D eigenvalue weighted by Crippen LogP contribution is 2.20. The highest BCUT2D eigenvalue weighted by molar-refractivity contribution is 6.30. The molecule has 96 valence electrons. The van der Waals surface area contributed by atoms with Crippen molar-refractivity contribution in [3.05, 3.63) is 62.0 Å². The van der Waals surface area contributed by atoms with Gasteiger partial charge in [0.2, 0.25) is 0 Å². The Kier molecular flexibility index (Phi) is 3.46. The van der Waals surface area contributed by atoms with Crippen molar-refractivity contribution in [3.8, 4) is 11.8 Å². The Balaban J connectivity index is 2.88. The molecule has 0 unspecified atom stereocenters. The van der Waals surface area contributed by atoms with Crippen LogP contribution in [-0.4, -0.2) is 4.57 Å². The third-order valence-electron chi connectivity index (χ3n) is 3.11. The van der Waals surface area contributed by atoms with Crippen molar-refractivity contribution in [2.45, 2.75) is 20.8 Å². The number of rotatable bonds is 1. The third kappa shape index (κ3) is 2.27. The maximum atomic E-state index is 12.4. The van der Waals surface area contributed by atoms with Crippen molar-refractivity contribution in [1.82, 2.24) is 4.57 Å². The average molecular weight is 273 g/mol. The lowest BCUT2D eigenvalue weighted by atomic mass is 10.1. The van der Waals surface area contributed by atoms with Gasteiger partial charge in [0.15, 0.2) is 0 Å². The van der Waals surface area contributed by atoms with Gasteiger partial charge in [0.25, 0.3) is 5.56 Å². The number of aryl methyl sites for hydroxylation is 3. The van der Waals surface area contributed by atoms with E-state index in [4.69, 9.17) is 16.9 Å². The summed E-state index contributed by atoms with van der Waals surface area (Å²) in [6.07, 6.45) is 0. The minimum Gasteiger partial charge on any atom is -0.280 e. The van der Waals surface area contributed by atoms with Crippen LogP contribution in [0, 0.1) is 32.1 Å². The molecule has 0 spiro atoms. The Morgan fingerprint density at radius 1 is 1.16 bits per heavy atom. The molecule has 0 aliphatic carbocycles. The molecule has 0 aliphatic rings. The second-order valence-electron chi connectivity index (χ2n) is 4.53. The summed E-state index contributed by atoms with van der Waals surface area (Å²) in [6, 6.07) is 9.17. The molecule has 2 aromatic rings. The highest BCUT2D eigenvalue weighted by atomic mass is 35.5. The molecule has 0 radical (unpaired) electrons. The monoisotopic (exact) mass is 272 g/mol. The maximum Gasteiger partial charge on any atom is 0.273 e. The molecule has 0 bridgehead atoms. The van der Waals surface area contributed by atoms with Gasteiger partial charge >= 0.3 is 0 Å². The van der Waals surface area contributed by atoms with E-state index in [1.165, 1.54) is 4.57 Å². The normalized spacial score (nSPS) is 10.3. The van der Waals surface area contributed by atoms with Gasteiger partial charge in [-0.05, 0) is 50.1 Å². The van der Waals surface area contributed by atoms with Gasteiger partial charge in [-0.25, -0.2) is 0 Å². The summed E-state index contributed by atoms with van der Waals surface area (Å²) in [7, 11) is 0. The maximum absolute atomic E-state index is 12.4. The smallest absolute Gasteiger partial charge is 0.273 e. The molecule has 2 rings (SSSR count). The Labute approximate surface area is 116 Å². The van der Waals surface area contributed by atoms with E-state index in [-0.39, 0.29) is 11.1 Å². The number of hydrogen-bond donors (Lipinski definition) is 0. The minimum atomic E-state index is -0.301. The summed E-state index contributed by atoms with van der Waals surface area (Å²) in [5, 5.41) is 9.66. The standard InChI is InChI=1S/C15H13ClN2O/c1-9-4-5-12(16)7-14(9)18-11(3)6-10(2)13(8-17)15(18)19/h4-7H,1-3H3. The van der Waals surface area contributed by atoms with E-state index >= 15 is 0 Å². The van der Waals surface area contributed by atoms with Crippen LogP contribution < -0.4 is 5.56 Å². The Morgan fingerprint density at radius 3 is 2.47 bits per heavy atom. The lowest BCUT2D eigenvalue weighted by Gasteiger charge is -2.14. The summed E-state index contributed by atoms with van der Waals surface area (Å²) >= 11 is 6.00. The van der Waals surface area contributed by atoms with E-state index in [9.17, 15) is 4.79 Å². The molecule has 1 aromatic carbocycles. The van der Waals surface area contributed by atoms with E-state index in [2.05, 4.69) is 0 Å². The predicted octanol–water partition coefficient (Wildman–Crippen LogP) is 3.29. The van der Waals surface area contributed by atoms with Crippen LogP contribution in [0.1, 0.15) is 22.4 Å². The lowest BCUT2D eigenvalue weighted by Crippen LogP contribution is -2.24. The molecular weight excluding hydrogens is 260 g/mol. The van der Waals surface area contributed by atoms with Crippen LogP contribution in [-0.2, 0) is 0 Å². The van der Waals surface area contributed by atoms with Gasteiger partial charge in [0.1, 0.15) is 11.6 Å². The zero-order valence-corrected chi connectivity index (χ0v) is 11.7. The molecule has 3 nitrogen and oxygen atoms in total. The van der Waals surface area contributed by atoms with Crippen LogP contribution in [0.5, 0.6) is 0 Å². The van der Waals surface area contributed by atoms with Crippen molar-refractivity contribution in [1.29, 1.82) is 5.26 Å². The summed E-state index contributed by atoms with van der Waals surface area (Å²) in [6.45, 7) is 5.52.